The standard InChI is InChI=1S/C14H14BrNS/c1-10-3-4-11(2)14(5-10)17-9-12-6-13(15)8-16-7-12/h3-8H,9H2,1-2H3. The molecule has 0 amide bonds. The summed E-state index contributed by atoms with van der Waals surface area (Å²) in [7, 11) is 0. The first-order chi connectivity index (χ1) is 8.15. The van der Waals surface area contributed by atoms with E-state index in [1.807, 2.05) is 24.2 Å². The summed E-state index contributed by atoms with van der Waals surface area (Å²) in [4.78, 5) is 5.53. The number of rotatable bonds is 3. The summed E-state index contributed by atoms with van der Waals surface area (Å²) in [6.45, 7) is 4.28. The van der Waals surface area contributed by atoms with Crippen LogP contribution in [0.15, 0.2) is 46.0 Å². The third-order valence-corrected chi connectivity index (χ3v) is 4.16. The third kappa shape index (κ3) is 3.58. The van der Waals surface area contributed by atoms with Crippen molar-refractivity contribution in [1.82, 2.24) is 4.98 Å². The van der Waals surface area contributed by atoms with Crippen molar-refractivity contribution in [3.8, 4) is 0 Å². The Kier molecular flexibility index (Phi) is 4.24. The largest absolute Gasteiger partial charge is 0.263 e. The van der Waals surface area contributed by atoms with Crippen molar-refractivity contribution >= 4 is 27.7 Å². The summed E-state index contributed by atoms with van der Waals surface area (Å²) in [5.41, 5.74) is 3.89. The first-order valence-electron chi connectivity index (χ1n) is 5.44. The van der Waals surface area contributed by atoms with Crippen molar-refractivity contribution in [3.05, 3.63) is 57.8 Å². The van der Waals surface area contributed by atoms with Gasteiger partial charge in [0.1, 0.15) is 0 Å². The van der Waals surface area contributed by atoms with Gasteiger partial charge in [-0.25, -0.2) is 0 Å². The van der Waals surface area contributed by atoms with Crippen LogP contribution in [-0.2, 0) is 5.75 Å². The second-order valence-corrected chi connectivity index (χ2v) is 6.00. The molecule has 1 heterocycles. The van der Waals surface area contributed by atoms with E-state index in [1.54, 1.807) is 0 Å². The molecular weight excluding hydrogens is 294 g/mol. The molecule has 17 heavy (non-hydrogen) atoms. The average molecular weight is 308 g/mol. The van der Waals surface area contributed by atoms with E-state index in [2.05, 4.69) is 59.0 Å². The van der Waals surface area contributed by atoms with E-state index in [-0.39, 0.29) is 0 Å². The molecular formula is C14H14BrNS. The molecule has 0 saturated heterocycles. The Morgan fingerprint density at radius 1 is 1.18 bits per heavy atom. The number of hydrogen-bond acceptors (Lipinski definition) is 2. The van der Waals surface area contributed by atoms with Crippen LogP contribution in [0.4, 0.5) is 0 Å². The number of thioether (sulfide) groups is 1. The molecule has 1 aromatic heterocycles. The van der Waals surface area contributed by atoms with Crippen LogP contribution >= 0.6 is 27.7 Å². The second kappa shape index (κ2) is 5.69. The Morgan fingerprint density at radius 3 is 2.76 bits per heavy atom. The van der Waals surface area contributed by atoms with Gasteiger partial charge in [-0.15, -0.1) is 11.8 Å². The van der Waals surface area contributed by atoms with E-state index in [9.17, 15) is 0 Å². The van der Waals surface area contributed by atoms with Gasteiger partial charge >= 0.3 is 0 Å². The molecule has 0 unspecified atom stereocenters. The van der Waals surface area contributed by atoms with Gasteiger partial charge in [-0.1, -0.05) is 17.7 Å². The minimum atomic E-state index is 0.955. The van der Waals surface area contributed by atoms with E-state index in [0.717, 1.165) is 10.2 Å². The van der Waals surface area contributed by atoms with Crippen LogP contribution in [0.3, 0.4) is 0 Å². The van der Waals surface area contributed by atoms with Crippen LogP contribution in [0.2, 0.25) is 0 Å². The molecule has 88 valence electrons. The maximum atomic E-state index is 4.18. The fourth-order valence-corrected chi connectivity index (χ4v) is 3.02. The second-order valence-electron chi connectivity index (χ2n) is 4.07. The molecule has 0 saturated carbocycles. The van der Waals surface area contributed by atoms with Crippen molar-refractivity contribution in [2.24, 2.45) is 0 Å². The first-order valence-corrected chi connectivity index (χ1v) is 7.22. The van der Waals surface area contributed by atoms with Crippen LogP contribution in [0, 0.1) is 13.8 Å². The van der Waals surface area contributed by atoms with Crippen LogP contribution in [-0.4, -0.2) is 4.98 Å². The molecule has 0 aliphatic carbocycles. The number of aryl methyl sites for hydroxylation is 2. The Balaban J connectivity index is 2.09. The van der Waals surface area contributed by atoms with Crippen molar-refractivity contribution in [1.29, 1.82) is 0 Å². The van der Waals surface area contributed by atoms with Crippen molar-refractivity contribution < 1.29 is 0 Å². The third-order valence-electron chi connectivity index (χ3n) is 2.50. The minimum absolute atomic E-state index is 0.955. The Morgan fingerprint density at radius 2 is 2.00 bits per heavy atom. The van der Waals surface area contributed by atoms with E-state index in [1.165, 1.54) is 21.6 Å². The minimum Gasteiger partial charge on any atom is -0.263 e. The fourth-order valence-electron chi connectivity index (χ4n) is 1.56. The van der Waals surface area contributed by atoms with Gasteiger partial charge in [-0.2, -0.15) is 0 Å². The predicted molar refractivity (Wildman–Crippen MR) is 77.4 cm³/mol. The highest BCUT2D eigenvalue weighted by atomic mass is 79.9. The highest BCUT2D eigenvalue weighted by molar-refractivity contribution is 9.10. The van der Waals surface area contributed by atoms with E-state index in [0.29, 0.717) is 0 Å². The fraction of sp³-hybridized carbons (Fsp3) is 0.214. The molecule has 0 aliphatic rings. The summed E-state index contributed by atoms with van der Waals surface area (Å²) < 4.78 is 1.04. The number of nitrogens with zero attached hydrogens (tertiary/aromatic N) is 1. The van der Waals surface area contributed by atoms with E-state index < -0.39 is 0 Å². The van der Waals surface area contributed by atoms with E-state index >= 15 is 0 Å². The lowest BCUT2D eigenvalue weighted by Crippen LogP contribution is -1.86. The highest BCUT2D eigenvalue weighted by Crippen LogP contribution is 2.27. The number of halogens is 1. The van der Waals surface area contributed by atoms with Gasteiger partial charge < -0.3 is 0 Å². The zero-order valence-corrected chi connectivity index (χ0v) is 12.3. The quantitative estimate of drug-likeness (QED) is 0.759. The molecule has 0 spiro atoms. The van der Waals surface area contributed by atoms with Gasteiger partial charge in [0.2, 0.25) is 0 Å². The van der Waals surface area contributed by atoms with Crippen LogP contribution in [0.25, 0.3) is 0 Å². The van der Waals surface area contributed by atoms with Crippen molar-refractivity contribution in [3.63, 3.8) is 0 Å². The van der Waals surface area contributed by atoms with E-state index in [4.69, 9.17) is 0 Å². The molecule has 3 heteroatoms. The number of benzene rings is 1. The Labute approximate surface area is 115 Å². The Hall–Kier alpha value is -0.800. The van der Waals surface area contributed by atoms with Crippen molar-refractivity contribution in [2.75, 3.05) is 0 Å². The molecule has 1 aromatic carbocycles. The molecule has 0 radical (unpaired) electrons. The lowest BCUT2D eigenvalue weighted by molar-refractivity contribution is 1.22. The molecule has 0 N–H and O–H groups in total. The predicted octanol–water partition coefficient (Wildman–Crippen LogP) is 4.75. The lowest BCUT2D eigenvalue weighted by Gasteiger charge is -2.06. The van der Waals surface area contributed by atoms with Gasteiger partial charge in [-0.3, -0.25) is 4.98 Å². The molecule has 0 fully saturated rings. The smallest absolute Gasteiger partial charge is 0.0410 e. The zero-order valence-electron chi connectivity index (χ0n) is 9.90. The number of pyridine rings is 1. The molecule has 2 aromatic rings. The monoisotopic (exact) mass is 307 g/mol. The topological polar surface area (TPSA) is 12.9 Å². The van der Waals surface area contributed by atoms with Gasteiger partial charge in [0.15, 0.2) is 0 Å². The maximum absolute atomic E-state index is 4.18. The van der Waals surface area contributed by atoms with Gasteiger partial charge in [0.25, 0.3) is 0 Å². The normalized spacial score (nSPS) is 10.5. The van der Waals surface area contributed by atoms with Gasteiger partial charge in [0.05, 0.1) is 0 Å². The Bertz CT molecular complexity index is 525. The van der Waals surface area contributed by atoms with Crippen molar-refractivity contribution in [2.45, 2.75) is 24.5 Å². The molecule has 2 rings (SSSR count). The van der Waals surface area contributed by atoms with Gasteiger partial charge in [0, 0.05) is 27.5 Å². The maximum Gasteiger partial charge on any atom is 0.0410 e. The van der Waals surface area contributed by atoms with Crippen LogP contribution in [0.5, 0.6) is 0 Å². The summed E-state index contributed by atoms with van der Waals surface area (Å²) >= 11 is 5.30. The SMILES string of the molecule is Cc1ccc(C)c(SCc2cncc(Br)c2)c1. The average Bonchev–Trinajstić information content (AvgIpc) is 2.30. The number of aromatic nitrogens is 1. The van der Waals surface area contributed by atoms with Gasteiger partial charge in [-0.05, 0) is 53.0 Å². The molecule has 0 bridgehead atoms. The first kappa shape index (κ1) is 12.7. The molecule has 0 aliphatic heterocycles. The van der Waals surface area contributed by atoms with Crippen LogP contribution in [0.1, 0.15) is 16.7 Å². The van der Waals surface area contributed by atoms with Crippen LogP contribution < -0.4 is 0 Å². The summed E-state index contributed by atoms with van der Waals surface area (Å²) in [6, 6.07) is 8.69. The zero-order chi connectivity index (χ0) is 12.3. The summed E-state index contributed by atoms with van der Waals surface area (Å²) in [5.74, 6) is 0.955. The number of hydrogen-bond donors (Lipinski definition) is 0. The highest BCUT2D eigenvalue weighted by Gasteiger charge is 2.01. The summed E-state index contributed by atoms with van der Waals surface area (Å²) in [6.07, 6.45) is 3.73. The summed E-state index contributed by atoms with van der Waals surface area (Å²) in [5, 5.41) is 0. The molecule has 0 atom stereocenters. The lowest BCUT2D eigenvalue weighted by atomic mass is 10.2. The molecule has 1 nitrogen and oxygen atoms in total.